The van der Waals surface area contributed by atoms with E-state index in [2.05, 4.69) is 103 Å². The maximum Gasteiger partial charge on any atom is 0.178 e. The van der Waals surface area contributed by atoms with Gasteiger partial charge < -0.3 is 28.4 Å². The minimum Gasteiger partial charge on any atom is -0.374 e. The molecule has 0 N–H and O–H groups in total. The maximum atomic E-state index is 13.5. The lowest BCUT2D eigenvalue weighted by Gasteiger charge is -2.42. The van der Waals surface area contributed by atoms with Crippen LogP contribution in [-0.2, 0) is 48.1 Å². The lowest BCUT2D eigenvalue weighted by Crippen LogP contribution is -2.48. The van der Waals surface area contributed by atoms with Crippen LogP contribution in [0.2, 0.25) is 0 Å². The molecule has 6 heterocycles. The van der Waals surface area contributed by atoms with Crippen molar-refractivity contribution in [2.24, 2.45) is 53.3 Å². The first-order valence-corrected chi connectivity index (χ1v) is 35.4. The van der Waals surface area contributed by atoms with Gasteiger partial charge in [0.1, 0.15) is 0 Å². The molecule has 0 bridgehead atoms. The second-order valence-corrected chi connectivity index (χ2v) is 31.0. The average molecular weight is 1170 g/mol. The van der Waals surface area contributed by atoms with Crippen LogP contribution in [0, 0.1) is 53.3 Å². The van der Waals surface area contributed by atoms with Gasteiger partial charge in [-0.3, -0.25) is 0 Å². The normalized spacial score (nSPS) is 36.5. The summed E-state index contributed by atoms with van der Waals surface area (Å²) < 4.78 is 102. The third kappa shape index (κ3) is 16.4. The van der Waals surface area contributed by atoms with Gasteiger partial charge in [0.15, 0.2) is 19.7 Å². The minimum absolute atomic E-state index is 0.00801. The van der Waals surface area contributed by atoms with Gasteiger partial charge in [-0.25, -0.2) is 16.8 Å². The van der Waals surface area contributed by atoms with Gasteiger partial charge in [0.25, 0.3) is 0 Å². The zero-order valence-electron chi connectivity index (χ0n) is 53.4. The van der Waals surface area contributed by atoms with Gasteiger partial charge in [-0.15, -0.1) is 0 Å². The summed E-state index contributed by atoms with van der Waals surface area (Å²) in [7, 11) is -6.88. The van der Waals surface area contributed by atoms with Crippen LogP contribution in [0.25, 0.3) is 0 Å². The van der Waals surface area contributed by atoms with E-state index in [4.69, 9.17) is 29.8 Å². The molecular formula is C69H110O10S2. The van der Waals surface area contributed by atoms with Gasteiger partial charge >= 0.3 is 0 Å². The predicted octanol–water partition coefficient (Wildman–Crippen LogP) is 15.8. The van der Waals surface area contributed by atoms with Crippen molar-refractivity contribution in [1.29, 1.82) is 0 Å². The Morgan fingerprint density at radius 2 is 0.963 bits per heavy atom. The van der Waals surface area contributed by atoms with Crippen LogP contribution in [0.1, 0.15) is 201 Å². The number of rotatable bonds is 26. The number of benzene rings is 2. The van der Waals surface area contributed by atoms with Crippen LogP contribution in [0.4, 0.5) is 0 Å². The van der Waals surface area contributed by atoms with Gasteiger partial charge in [-0.05, 0) is 163 Å². The third-order valence-corrected chi connectivity index (χ3v) is 24.6. The highest BCUT2D eigenvalue weighted by atomic mass is 32.2. The van der Waals surface area contributed by atoms with E-state index in [0.717, 1.165) is 102 Å². The molecule has 458 valence electrons. The topological polar surface area (TPSA) is 124 Å². The monoisotopic (exact) mass is 1160 g/mol. The molecule has 0 spiro atoms. The van der Waals surface area contributed by atoms with Crippen molar-refractivity contribution < 1.29 is 46.6 Å². The second kappa shape index (κ2) is 28.8. The van der Waals surface area contributed by atoms with Crippen LogP contribution < -0.4 is 0 Å². The minimum atomic E-state index is -3.47. The van der Waals surface area contributed by atoms with Crippen molar-refractivity contribution in [3.63, 3.8) is 0 Å². The Morgan fingerprint density at radius 1 is 0.556 bits per heavy atom. The van der Waals surface area contributed by atoms with E-state index in [0.29, 0.717) is 34.0 Å². The van der Waals surface area contributed by atoms with E-state index in [1.807, 2.05) is 12.1 Å². The highest BCUT2D eigenvalue weighted by Gasteiger charge is 2.53. The van der Waals surface area contributed by atoms with Crippen molar-refractivity contribution in [2.45, 2.75) is 281 Å². The molecule has 6 aliphatic heterocycles. The molecule has 81 heavy (non-hydrogen) atoms. The summed E-state index contributed by atoms with van der Waals surface area (Å²) in [4.78, 5) is 0.766. The largest absolute Gasteiger partial charge is 0.374 e. The highest BCUT2D eigenvalue weighted by molar-refractivity contribution is 7.91. The lowest BCUT2D eigenvalue weighted by molar-refractivity contribution is -0.170. The standard InChI is InChI=1S/C35H56O5S.C34H54O5S/c1-9-23(3)18-32-28(8)31(22-41(36,37)30-14-12-11-13-15-30)33(39-32)20-25(5)27(7)24(4)19-29-16-17-34-35(10-2,40-29)21-26(6)38-34;1-8-23(3)19-32-27(7)30(22-40(35,36)29-13-11-10-12-14-29)31(38-32)17-15-24(4)25(5)20-28-16-18-33-34(9-2,39-28)21-26(6)37-33/h11-15,23-26,28-29,31-34H,7,9-10,16-22H2,1-6,8H3;10-14,23,25-28,30-33H,4,8-9,15-22H2,1-3,5-7H3/t23-,24-,25-,26+,28-,29?,31-,32-,33+,34+,35+;23?,25-,26+,27-,28?,30-,31+,32-,33+,34+/m11/s1/i;15T/t;15-,23?,25+,26-,27+,28?,30+,31-,32+,33-,34-/m.0. The van der Waals surface area contributed by atoms with Crippen LogP contribution in [-0.4, -0.2) is 101 Å². The maximum absolute atomic E-state index is 13.5. The van der Waals surface area contributed by atoms with E-state index >= 15 is 0 Å². The van der Waals surface area contributed by atoms with Gasteiger partial charge in [0.05, 0.1) is 93.5 Å². The Balaban J connectivity index is 0.000000236. The van der Waals surface area contributed by atoms with Crippen molar-refractivity contribution in [3.05, 3.63) is 85.0 Å². The molecule has 22 atom stereocenters. The smallest absolute Gasteiger partial charge is 0.178 e. The second-order valence-electron chi connectivity index (χ2n) is 26.9. The molecule has 0 aliphatic carbocycles. The summed E-state index contributed by atoms with van der Waals surface area (Å²) in [6.07, 6.45) is 15.6. The molecule has 0 aromatic heterocycles. The first-order valence-electron chi connectivity index (χ1n) is 32.7. The number of allylic oxidation sites excluding steroid dienone is 2. The average Bonchev–Trinajstić information content (AvgIpc) is 3.72. The SMILES string of the molecule is C=C([C@H](C)CC1CC[C@@H]2O[C@@H](C)C[C@]2(CC)O1)[C@H](C)C[C@@H]1O[C@H](C[C@H](C)CC)[C@H](C)[C@H]1CS(=O)(=O)c1ccccc1.[3H][C@@H](C[C@@H]1O[C@H](CC(C)CC)[C@H](C)[C@H]1CS(=O)(=O)c1ccccc1)C(=C)[C@H](C)CC1CC[C@@H]2O[C@@H](C)C[C@]2(CC)O1. The number of hydrogen-bond donors (Lipinski definition) is 0. The third-order valence-electron chi connectivity index (χ3n) is 20.9. The van der Waals surface area contributed by atoms with E-state index in [9.17, 15) is 16.8 Å². The number of ether oxygens (including phenoxy) is 6. The molecule has 12 heteroatoms. The molecule has 0 saturated carbocycles. The van der Waals surface area contributed by atoms with Gasteiger partial charge in [0.2, 0.25) is 0 Å². The number of sulfone groups is 2. The lowest BCUT2D eigenvalue weighted by atomic mass is 9.79. The van der Waals surface area contributed by atoms with Crippen molar-refractivity contribution in [3.8, 4) is 0 Å². The van der Waals surface area contributed by atoms with E-state index < -0.39 is 26.1 Å². The zero-order valence-corrected chi connectivity index (χ0v) is 54.0. The van der Waals surface area contributed by atoms with Crippen molar-refractivity contribution in [2.75, 3.05) is 11.5 Å². The molecule has 6 saturated heterocycles. The summed E-state index contributed by atoms with van der Waals surface area (Å²) in [5.74, 6) is 2.03. The Hall–Kier alpha value is -2.42. The highest BCUT2D eigenvalue weighted by Crippen LogP contribution is 2.48. The summed E-state index contributed by atoms with van der Waals surface area (Å²) in [5, 5.41) is 0. The summed E-state index contributed by atoms with van der Waals surface area (Å²) in [5.41, 5.74) is 1.80. The Morgan fingerprint density at radius 3 is 1.40 bits per heavy atom. The Labute approximate surface area is 494 Å². The van der Waals surface area contributed by atoms with E-state index in [1.54, 1.807) is 48.5 Å². The molecule has 2 aromatic rings. The molecule has 6 fully saturated rings. The molecule has 3 unspecified atom stereocenters. The quantitative estimate of drug-likeness (QED) is 0.0841. The fraction of sp³-hybridized carbons (Fsp3) is 0.768. The van der Waals surface area contributed by atoms with Crippen molar-refractivity contribution in [1.82, 2.24) is 0 Å². The van der Waals surface area contributed by atoms with Crippen LogP contribution in [0.15, 0.2) is 94.8 Å². The molecule has 0 amide bonds. The van der Waals surface area contributed by atoms with Gasteiger partial charge in [-0.2, -0.15) is 0 Å². The first-order chi connectivity index (χ1) is 38.8. The predicted molar refractivity (Wildman–Crippen MR) is 329 cm³/mol. The van der Waals surface area contributed by atoms with Gasteiger partial charge in [-0.1, -0.05) is 150 Å². The van der Waals surface area contributed by atoms with Gasteiger partial charge in [0, 0.05) is 26.0 Å². The Bertz CT molecular complexity index is 2390. The first kappa shape index (κ1) is 64.6. The van der Waals surface area contributed by atoms with E-state index in [-0.39, 0.29) is 119 Å². The molecule has 8 rings (SSSR count). The fourth-order valence-electron chi connectivity index (χ4n) is 15.0. The Kier molecular flexibility index (Phi) is 23.0. The van der Waals surface area contributed by atoms with Crippen molar-refractivity contribution >= 4 is 19.7 Å². The fourth-order valence-corrected chi connectivity index (χ4v) is 18.6. The molecule has 6 aliphatic rings. The molecular weight excluding hydrogens is 1050 g/mol. The zero-order chi connectivity index (χ0) is 59.9. The van der Waals surface area contributed by atoms with Crippen LogP contribution in [0.3, 0.4) is 0 Å². The molecule has 2 aromatic carbocycles. The van der Waals surface area contributed by atoms with Crippen LogP contribution >= 0.6 is 0 Å². The molecule has 0 radical (unpaired) electrons. The van der Waals surface area contributed by atoms with Crippen LogP contribution in [0.5, 0.6) is 0 Å². The summed E-state index contributed by atoms with van der Waals surface area (Å²) >= 11 is 0. The number of hydrogen-bond acceptors (Lipinski definition) is 10. The molecule has 10 nitrogen and oxygen atoms in total. The summed E-state index contributed by atoms with van der Waals surface area (Å²) in [6.45, 7) is 37.6. The number of fused-ring (bicyclic) bond motifs is 2. The van der Waals surface area contributed by atoms with E-state index in [1.165, 1.54) is 5.57 Å². The summed E-state index contributed by atoms with van der Waals surface area (Å²) in [6, 6.07) is 17.6.